The molecule has 0 aromatic heterocycles. The van der Waals surface area contributed by atoms with Gasteiger partial charge < -0.3 is 10.1 Å². The zero-order chi connectivity index (χ0) is 12.1. The summed E-state index contributed by atoms with van der Waals surface area (Å²) in [5.74, 6) is 0. The number of hydrogen-bond donors (Lipinski definition) is 1. The van der Waals surface area contributed by atoms with Gasteiger partial charge in [0.15, 0.2) is 0 Å². The second kappa shape index (κ2) is 5.16. The number of hydrogen-bond acceptors (Lipinski definition) is 6. The van der Waals surface area contributed by atoms with Crippen LogP contribution in [0.5, 0.6) is 0 Å². The molecule has 0 fully saturated rings. The molecule has 0 amide bonds. The number of amidine groups is 1. The predicted molar refractivity (Wildman–Crippen MR) is 60.1 cm³/mol. The van der Waals surface area contributed by atoms with Gasteiger partial charge in [0.2, 0.25) is 0 Å². The van der Waals surface area contributed by atoms with Gasteiger partial charge in [-0.05, 0) is 17.1 Å². The summed E-state index contributed by atoms with van der Waals surface area (Å²) in [6.07, 6.45) is 0. The number of rotatable bonds is 3. The minimum atomic E-state index is -0.724. The number of halogens is 1. The SMILES string of the molecule is O=[N+]([O-])C(Br)=NNc1ccc([N+](=O)[O-])cc1. The van der Waals surface area contributed by atoms with E-state index in [-0.39, 0.29) is 5.69 Å². The first-order valence-corrected chi connectivity index (χ1v) is 4.68. The molecule has 0 aliphatic carbocycles. The van der Waals surface area contributed by atoms with E-state index < -0.39 is 14.6 Å². The summed E-state index contributed by atoms with van der Waals surface area (Å²) in [4.78, 5) is 19.2. The zero-order valence-corrected chi connectivity index (χ0v) is 9.25. The van der Waals surface area contributed by atoms with E-state index in [0.717, 1.165) is 0 Å². The van der Waals surface area contributed by atoms with E-state index in [2.05, 4.69) is 26.5 Å². The van der Waals surface area contributed by atoms with E-state index in [9.17, 15) is 20.2 Å². The van der Waals surface area contributed by atoms with Gasteiger partial charge in [-0.3, -0.25) is 10.1 Å². The van der Waals surface area contributed by atoms with Crippen molar-refractivity contribution in [3.8, 4) is 0 Å². The molecule has 1 aromatic rings. The van der Waals surface area contributed by atoms with Crippen LogP contribution in [0, 0.1) is 20.2 Å². The summed E-state index contributed by atoms with van der Waals surface area (Å²) in [7, 11) is 0. The highest BCUT2D eigenvalue weighted by molar-refractivity contribution is 9.18. The largest absolute Gasteiger partial charge is 0.430 e. The van der Waals surface area contributed by atoms with Crippen molar-refractivity contribution in [3.63, 3.8) is 0 Å². The lowest BCUT2D eigenvalue weighted by Gasteiger charge is -1.95. The summed E-state index contributed by atoms with van der Waals surface area (Å²) in [5.41, 5.74) is 2.71. The third-order valence-corrected chi connectivity index (χ3v) is 1.97. The molecule has 1 N–H and O–H groups in total. The van der Waals surface area contributed by atoms with Crippen LogP contribution in [0.3, 0.4) is 0 Å². The first kappa shape index (κ1) is 12.0. The molecule has 0 spiro atoms. The van der Waals surface area contributed by atoms with Crippen LogP contribution in [0.1, 0.15) is 0 Å². The van der Waals surface area contributed by atoms with Crippen LogP contribution < -0.4 is 5.43 Å². The molecule has 0 bridgehead atoms. The summed E-state index contributed by atoms with van der Waals surface area (Å²) >= 11 is 2.62. The molecule has 0 saturated carbocycles. The molecule has 0 unspecified atom stereocenters. The lowest BCUT2D eigenvalue weighted by Crippen LogP contribution is -2.05. The number of benzene rings is 1. The third kappa shape index (κ3) is 3.28. The van der Waals surface area contributed by atoms with Crippen molar-refractivity contribution >= 4 is 32.0 Å². The molecule has 0 radical (unpaired) electrons. The molecule has 1 aromatic carbocycles. The maximum Gasteiger partial charge on any atom is 0.430 e. The first-order valence-electron chi connectivity index (χ1n) is 3.89. The molecular formula is C7H5BrN4O4. The molecule has 0 atom stereocenters. The standard InChI is InChI=1S/C7H5BrN4O4/c8-7(12(15)16)10-9-5-1-3-6(4-2-5)11(13)14/h1-4,9H. The van der Waals surface area contributed by atoms with Gasteiger partial charge in [-0.25, -0.2) is 0 Å². The predicted octanol–water partition coefficient (Wildman–Crippen LogP) is 1.95. The van der Waals surface area contributed by atoms with Crippen molar-refractivity contribution in [3.05, 3.63) is 44.5 Å². The van der Waals surface area contributed by atoms with Crippen LogP contribution in [0.2, 0.25) is 0 Å². The van der Waals surface area contributed by atoms with Gasteiger partial charge in [-0.2, -0.15) is 5.43 Å². The van der Waals surface area contributed by atoms with Crippen LogP contribution in [-0.2, 0) is 0 Å². The zero-order valence-electron chi connectivity index (χ0n) is 7.66. The lowest BCUT2D eigenvalue weighted by atomic mass is 10.3. The number of non-ortho nitro benzene ring substituents is 1. The highest BCUT2D eigenvalue weighted by atomic mass is 79.9. The van der Waals surface area contributed by atoms with Crippen LogP contribution >= 0.6 is 15.9 Å². The maximum absolute atomic E-state index is 10.3. The van der Waals surface area contributed by atoms with Crippen molar-refractivity contribution in [2.75, 3.05) is 5.43 Å². The molecule has 84 valence electrons. The Balaban J connectivity index is 2.73. The van der Waals surface area contributed by atoms with Crippen molar-refractivity contribution in [2.45, 2.75) is 0 Å². The highest BCUT2D eigenvalue weighted by Crippen LogP contribution is 2.15. The van der Waals surface area contributed by atoms with E-state index in [4.69, 9.17) is 0 Å². The second-order valence-corrected chi connectivity index (χ2v) is 3.26. The van der Waals surface area contributed by atoms with E-state index in [1.54, 1.807) is 0 Å². The molecule has 16 heavy (non-hydrogen) atoms. The average molecular weight is 289 g/mol. The summed E-state index contributed by atoms with van der Waals surface area (Å²) in [5, 5.41) is 23.9. The fourth-order valence-electron chi connectivity index (χ4n) is 0.809. The van der Waals surface area contributed by atoms with Gasteiger partial charge in [0.05, 0.1) is 31.6 Å². The van der Waals surface area contributed by atoms with Crippen LogP contribution in [0.25, 0.3) is 0 Å². The number of nitro groups is 2. The van der Waals surface area contributed by atoms with E-state index in [1.165, 1.54) is 24.3 Å². The summed E-state index contributed by atoms with van der Waals surface area (Å²) in [6, 6.07) is 5.31. The van der Waals surface area contributed by atoms with Gasteiger partial charge in [0, 0.05) is 12.1 Å². The van der Waals surface area contributed by atoms with Crippen LogP contribution in [0.15, 0.2) is 29.4 Å². The Morgan fingerprint density at radius 1 is 1.25 bits per heavy atom. The molecule has 0 aliphatic rings. The Hall–Kier alpha value is -2.03. The molecule has 1 rings (SSSR count). The Kier molecular flexibility index (Phi) is 3.89. The van der Waals surface area contributed by atoms with Gasteiger partial charge in [0.1, 0.15) is 0 Å². The Morgan fingerprint density at radius 2 is 1.81 bits per heavy atom. The number of hydrazone groups is 1. The van der Waals surface area contributed by atoms with Gasteiger partial charge in [0.25, 0.3) is 5.69 Å². The number of nitro benzene ring substituents is 1. The smallest absolute Gasteiger partial charge is 0.357 e. The molecule has 0 heterocycles. The minimum Gasteiger partial charge on any atom is -0.357 e. The van der Waals surface area contributed by atoms with Crippen molar-refractivity contribution in [1.82, 2.24) is 0 Å². The highest BCUT2D eigenvalue weighted by Gasteiger charge is 2.07. The van der Waals surface area contributed by atoms with Crippen molar-refractivity contribution < 1.29 is 9.85 Å². The fourth-order valence-corrected chi connectivity index (χ4v) is 0.898. The topological polar surface area (TPSA) is 111 Å². The Bertz CT molecular complexity index is 444. The van der Waals surface area contributed by atoms with Gasteiger partial charge in [-0.15, -0.1) is 0 Å². The number of nitrogens with one attached hydrogen (secondary N) is 1. The quantitative estimate of drug-likeness (QED) is 0.300. The van der Waals surface area contributed by atoms with Crippen LogP contribution in [-0.4, -0.2) is 14.6 Å². The molecule has 8 nitrogen and oxygen atoms in total. The minimum absolute atomic E-state index is 0.0668. The summed E-state index contributed by atoms with van der Waals surface area (Å²) in [6.45, 7) is 0. The fraction of sp³-hybridized carbons (Fsp3) is 0. The van der Waals surface area contributed by atoms with Gasteiger partial charge in [-0.1, -0.05) is 0 Å². The molecule has 0 saturated heterocycles. The normalized spacial score (nSPS) is 10.9. The summed E-state index contributed by atoms with van der Waals surface area (Å²) < 4.78 is -0.481. The van der Waals surface area contributed by atoms with Crippen LogP contribution in [0.4, 0.5) is 11.4 Å². The second-order valence-electron chi connectivity index (χ2n) is 2.55. The Labute approximate surface area is 97.4 Å². The molecule has 9 heteroatoms. The van der Waals surface area contributed by atoms with E-state index >= 15 is 0 Å². The van der Waals surface area contributed by atoms with E-state index in [1.807, 2.05) is 0 Å². The van der Waals surface area contributed by atoms with E-state index in [0.29, 0.717) is 5.69 Å². The number of nitrogens with zero attached hydrogens (tertiary/aromatic N) is 3. The average Bonchev–Trinajstić information content (AvgIpc) is 2.26. The first-order chi connectivity index (χ1) is 7.50. The van der Waals surface area contributed by atoms with Crippen molar-refractivity contribution in [1.29, 1.82) is 0 Å². The lowest BCUT2D eigenvalue weighted by molar-refractivity contribution is -0.384. The maximum atomic E-state index is 10.3. The monoisotopic (exact) mass is 288 g/mol. The molecular weight excluding hydrogens is 284 g/mol. The third-order valence-electron chi connectivity index (χ3n) is 1.51. The van der Waals surface area contributed by atoms with Crippen molar-refractivity contribution in [2.24, 2.45) is 5.10 Å². The molecule has 0 aliphatic heterocycles. The van der Waals surface area contributed by atoms with Gasteiger partial charge >= 0.3 is 4.74 Å². The Morgan fingerprint density at radius 3 is 2.25 bits per heavy atom. The number of anilines is 1.